The molecule has 158 valence electrons. The smallest absolute Gasteiger partial charge is 0.315 e. The molecule has 0 saturated carbocycles. The van der Waals surface area contributed by atoms with Crippen molar-refractivity contribution in [3.05, 3.63) is 75.8 Å². The van der Waals surface area contributed by atoms with Crippen LogP contribution in [-0.4, -0.2) is 33.0 Å². The molecule has 8 nitrogen and oxygen atoms in total. The number of hydrogen-bond donors (Lipinski definition) is 0. The van der Waals surface area contributed by atoms with Crippen LogP contribution in [0.1, 0.15) is 30.9 Å². The number of ether oxygens (including phenoxy) is 1. The zero-order valence-electron chi connectivity index (χ0n) is 17.5. The number of nitro benzene ring substituents is 1. The minimum absolute atomic E-state index is 0.0506. The lowest BCUT2D eigenvalue weighted by Gasteiger charge is -2.29. The summed E-state index contributed by atoms with van der Waals surface area (Å²) in [6.45, 7) is 3.69. The number of fused-ring (bicyclic) bond motifs is 1. The van der Waals surface area contributed by atoms with Crippen molar-refractivity contribution in [1.82, 2.24) is 9.78 Å². The van der Waals surface area contributed by atoms with Crippen molar-refractivity contribution in [2.24, 2.45) is 18.0 Å². The maximum Gasteiger partial charge on any atom is 0.315 e. The van der Waals surface area contributed by atoms with Gasteiger partial charge in [0.25, 0.3) is 5.69 Å². The van der Waals surface area contributed by atoms with E-state index in [-0.39, 0.29) is 12.3 Å². The van der Waals surface area contributed by atoms with E-state index >= 15 is 0 Å². The number of aliphatic imine (C=N–C) groups is 1. The molecular weight excluding hydrogens is 396 g/mol. The molecule has 3 aromatic rings. The fourth-order valence-corrected chi connectivity index (χ4v) is 4.19. The molecular formula is C23H22N4O4. The molecule has 0 radical (unpaired) electrons. The third kappa shape index (κ3) is 3.50. The Morgan fingerprint density at radius 2 is 1.84 bits per heavy atom. The van der Waals surface area contributed by atoms with Crippen LogP contribution in [0, 0.1) is 16.0 Å². The lowest BCUT2D eigenvalue weighted by atomic mass is 9.75. The van der Waals surface area contributed by atoms with Gasteiger partial charge >= 0.3 is 5.97 Å². The van der Waals surface area contributed by atoms with Gasteiger partial charge in [-0.1, -0.05) is 48.5 Å². The van der Waals surface area contributed by atoms with Crippen LogP contribution < -0.4 is 0 Å². The molecule has 1 aliphatic rings. The fourth-order valence-electron chi connectivity index (χ4n) is 4.19. The first-order valence-electron chi connectivity index (χ1n) is 10.0. The van der Waals surface area contributed by atoms with Crippen molar-refractivity contribution >= 4 is 23.2 Å². The van der Waals surface area contributed by atoms with Crippen LogP contribution in [0.5, 0.6) is 0 Å². The molecule has 0 amide bonds. The lowest BCUT2D eigenvalue weighted by molar-refractivity contribution is -0.385. The Kier molecular flexibility index (Phi) is 5.37. The predicted octanol–water partition coefficient (Wildman–Crippen LogP) is 4.41. The number of aromatic nitrogens is 2. The molecule has 2 atom stereocenters. The minimum atomic E-state index is -0.791. The van der Waals surface area contributed by atoms with Gasteiger partial charge in [-0.15, -0.1) is 0 Å². The van der Waals surface area contributed by atoms with Crippen LogP contribution >= 0.6 is 0 Å². The van der Waals surface area contributed by atoms with Gasteiger partial charge in [0.15, 0.2) is 5.82 Å². The number of nitrogens with zero attached hydrogens (tertiary/aromatic N) is 4. The highest BCUT2D eigenvalue weighted by Gasteiger charge is 2.44. The average Bonchev–Trinajstić information content (AvgIpc) is 3.09. The maximum atomic E-state index is 13.0. The van der Waals surface area contributed by atoms with Gasteiger partial charge in [0.1, 0.15) is 5.92 Å². The Bertz CT molecular complexity index is 1180. The van der Waals surface area contributed by atoms with Crippen molar-refractivity contribution in [2.45, 2.75) is 19.8 Å². The van der Waals surface area contributed by atoms with Crippen LogP contribution in [0.4, 0.5) is 11.5 Å². The Morgan fingerprint density at radius 3 is 2.52 bits per heavy atom. The lowest BCUT2D eigenvalue weighted by Crippen LogP contribution is -2.33. The number of carbonyl (C=O) groups excluding carboxylic acids is 1. The van der Waals surface area contributed by atoms with Crippen LogP contribution in [0.25, 0.3) is 11.3 Å². The first kappa shape index (κ1) is 20.5. The number of carbonyl (C=O) groups is 1. The van der Waals surface area contributed by atoms with E-state index in [0.29, 0.717) is 28.4 Å². The van der Waals surface area contributed by atoms with Gasteiger partial charge in [0.05, 0.1) is 17.2 Å². The molecule has 1 aliphatic heterocycles. The largest absolute Gasteiger partial charge is 0.465 e. The van der Waals surface area contributed by atoms with Crippen LogP contribution in [0.15, 0.2) is 59.6 Å². The van der Waals surface area contributed by atoms with E-state index < -0.39 is 22.7 Å². The molecule has 1 aromatic heterocycles. The zero-order chi connectivity index (χ0) is 22.1. The second-order valence-electron chi connectivity index (χ2n) is 7.35. The first-order chi connectivity index (χ1) is 14.9. The van der Waals surface area contributed by atoms with E-state index in [2.05, 4.69) is 10.1 Å². The quantitative estimate of drug-likeness (QED) is 0.347. The summed E-state index contributed by atoms with van der Waals surface area (Å²) in [5.74, 6) is -1.32. The Morgan fingerprint density at radius 1 is 1.16 bits per heavy atom. The van der Waals surface area contributed by atoms with Crippen molar-refractivity contribution in [3.63, 3.8) is 0 Å². The van der Waals surface area contributed by atoms with Crippen molar-refractivity contribution in [1.29, 1.82) is 0 Å². The Hall–Kier alpha value is -3.81. The van der Waals surface area contributed by atoms with E-state index in [9.17, 15) is 14.9 Å². The van der Waals surface area contributed by atoms with E-state index in [1.54, 1.807) is 43.8 Å². The number of rotatable bonds is 5. The number of benzene rings is 2. The summed E-state index contributed by atoms with van der Waals surface area (Å²) in [5, 5.41) is 16.5. The molecule has 0 N–H and O–H groups in total. The van der Waals surface area contributed by atoms with Gasteiger partial charge in [0, 0.05) is 41.4 Å². The molecule has 2 aromatic carbocycles. The predicted molar refractivity (Wildman–Crippen MR) is 116 cm³/mol. The molecule has 0 spiro atoms. The molecule has 31 heavy (non-hydrogen) atoms. The number of hydrogen-bond acceptors (Lipinski definition) is 6. The molecule has 2 unspecified atom stereocenters. The SMILES string of the molecule is CCOC(=O)C1C(C)=Nc2c(c(-c3ccccc3)nn2C)C1c1ccccc1[N+](=O)[O-]. The topological polar surface area (TPSA) is 99.6 Å². The summed E-state index contributed by atoms with van der Waals surface area (Å²) in [4.78, 5) is 29.1. The normalized spacial score (nSPS) is 17.6. The van der Waals surface area contributed by atoms with Gasteiger partial charge in [0.2, 0.25) is 0 Å². The summed E-state index contributed by atoms with van der Waals surface area (Å²) in [5.41, 5.74) is 3.10. The monoisotopic (exact) mass is 418 g/mol. The van der Waals surface area contributed by atoms with Crippen molar-refractivity contribution in [2.75, 3.05) is 6.61 Å². The van der Waals surface area contributed by atoms with Crippen LogP contribution in [-0.2, 0) is 16.6 Å². The van der Waals surface area contributed by atoms with E-state index in [1.165, 1.54) is 6.07 Å². The Balaban J connectivity index is 2.04. The average molecular weight is 418 g/mol. The van der Waals surface area contributed by atoms with Gasteiger partial charge in [-0.25, -0.2) is 4.99 Å². The van der Waals surface area contributed by atoms with Gasteiger partial charge in [-0.3, -0.25) is 19.6 Å². The van der Waals surface area contributed by atoms with Crippen molar-refractivity contribution < 1.29 is 14.5 Å². The standard InChI is InChI=1S/C23H22N4O4/c1-4-31-23(28)18-14(2)24-22-20(19(18)16-12-8-9-13-17(16)27(29)30)21(25-26(22)3)15-10-6-5-7-11-15/h5-13,18-19H,4H2,1-3H3. The second-order valence-corrected chi connectivity index (χ2v) is 7.35. The number of nitro groups is 1. The summed E-state index contributed by atoms with van der Waals surface area (Å²) >= 11 is 0. The number of para-hydroxylation sites is 1. The molecule has 2 heterocycles. The van der Waals surface area contributed by atoms with Crippen molar-refractivity contribution in [3.8, 4) is 11.3 Å². The molecule has 4 rings (SSSR count). The fraction of sp³-hybridized carbons (Fsp3) is 0.261. The molecule has 0 saturated heterocycles. The zero-order valence-corrected chi connectivity index (χ0v) is 17.5. The molecule has 0 fully saturated rings. The minimum Gasteiger partial charge on any atom is -0.465 e. The first-order valence-corrected chi connectivity index (χ1v) is 10.0. The number of esters is 1. The third-order valence-corrected chi connectivity index (χ3v) is 5.49. The van der Waals surface area contributed by atoms with E-state index in [4.69, 9.17) is 4.74 Å². The molecule has 8 heteroatoms. The summed E-state index contributed by atoms with van der Waals surface area (Å²) in [6, 6.07) is 16.1. The third-order valence-electron chi connectivity index (χ3n) is 5.49. The van der Waals surface area contributed by atoms with E-state index in [0.717, 1.165) is 5.56 Å². The van der Waals surface area contributed by atoms with Crippen LogP contribution in [0.2, 0.25) is 0 Å². The van der Waals surface area contributed by atoms with E-state index in [1.807, 2.05) is 30.3 Å². The number of aryl methyl sites for hydroxylation is 1. The summed E-state index contributed by atoms with van der Waals surface area (Å²) < 4.78 is 7.01. The van der Waals surface area contributed by atoms with Gasteiger partial charge < -0.3 is 4.74 Å². The summed E-state index contributed by atoms with van der Waals surface area (Å²) in [7, 11) is 1.78. The summed E-state index contributed by atoms with van der Waals surface area (Å²) in [6.07, 6.45) is 0. The Labute approximate surface area is 179 Å². The molecule has 0 bridgehead atoms. The maximum absolute atomic E-state index is 13.0. The molecule has 0 aliphatic carbocycles. The highest BCUT2D eigenvalue weighted by molar-refractivity contribution is 6.05. The second kappa shape index (κ2) is 8.14. The van der Waals surface area contributed by atoms with Crippen LogP contribution in [0.3, 0.4) is 0 Å². The highest BCUT2D eigenvalue weighted by atomic mass is 16.6. The van der Waals surface area contributed by atoms with Gasteiger partial charge in [-0.05, 0) is 13.8 Å². The van der Waals surface area contributed by atoms with Gasteiger partial charge in [-0.2, -0.15) is 5.10 Å². The highest BCUT2D eigenvalue weighted by Crippen LogP contribution is 2.49.